The standard InChI is InChI=1S/C23H27BrN2O3/c1-23(2,3)16-8-6-15(7-9-16)17-12-18(17)22(27)26-25-13-14-10-19(24)21(29-5)20(11-14)28-4/h6-11,13,17-18H,12H2,1-5H3,(H,26,27). The number of hydrogen-bond acceptors (Lipinski definition) is 4. The van der Waals surface area contributed by atoms with Crippen LogP contribution in [0.25, 0.3) is 0 Å². The molecule has 2 aromatic carbocycles. The number of nitrogens with one attached hydrogen (secondary N) is 1. The number of amides is 1. The molecule has 1 fully saturated rings. The molecule has 0 heterocycles. The summed E-state index contributed by atoms with van der Waals surface area (Å²) >= 11 is 3.45. The zero-order valence-electron chi connectivity index (χ0n) is 17.5. The summed E-state index contributed by atoms with van der Waals surface area (Å²) in [5, 5.41) is 4.11. The van der Waals surface area contributed by atoms with Gasteiger partial charge in [-0.15, -0.1) is 0 Å². The molecule has 2 aromatic rings. The van der Waals surface area contributed by atoms with Gasteiger partial charge in [0.25, 0.3) is 0 Å². The van der Waals surface area contributed by atoms with Crippen molar-refractivity contribution in [2.24, 2.45) is 11.0 Å². The molecule has 2 unspecified atom stereocenters. The molecule has 1 aliphatic rings. The minimum atomic E-state index is -0.0503. The number of methoxy groups -OCH3 is 2. The highest BCUT2D eigenvalue weighted by molar-refractivity contribution is 9.10. The number of rotatable bonds is 6. The third kappa shape index (κ3) is 4.99. The third-order valence-corrected chi connectivity index (χ3v) is 5.77. The summed E-state index contributed by atoms with van der Waals surface area (Å²) in [5.74, 6) is 1.41. The van der Waals surface area contributed by atoms with Crippen LogP contribution in [-0.4, -0.2) is 26.3 Å². The van der Waals surface area contributed by atoms with Crippen LogP contribution in [0.5, 0.6) is 11.5 Å². The number of carbonyl (C=O) groups excluding carboxylic acids is 1. The van der Waals surface area contributed by atoms with Crippen molar-refractivity contribution < 1.29 is 14.3 Å². The second-order valence-corrected chi connectivity index (χ2v) is 9.15. The maximum absolute atomic E-state index is 12.4. The molecule has 2 atom stereocenters. The van der Waals surface area contributed by atoms with Crippen molar-refractivity contribution >= 4 is 28.1 Å². The molecule has 0 spiro atoms. The topological polar surface area (TPSA) is 59.9 Å². The van der Waals surface area contributed by atoms with E-state index in [-0.39, 0.29) is 23.2 Å². The Balaban J connectivity index is 1.59. The molecule has 154 valence electrons. The highest BCUT2D eigenvalue weighted by Gasteiger charge is 2.44. The first-order valence-electron chi connectivity index (χ1n) is 9.59. The molecule has 29 heavy (non-hydrogen) atoms. The first-order valence-corrected chi connectivity index (χ1v) is 10.4. The summed E-state index contributed by atoms with van der Waals surface area (Å²) in [6.45, 7) is 6.60. The highest BCUT2D eigenvalue weighted by atomic mass is 79.9. The number of ether oxygens (including phenoxy) is 2. The monoisotopic (exact) mass is 458 g/mol. The SMILES string of the molecule is COc1cc(C=NNC(=O)C2CC2c2ccc(C(C)(C)C)cc2)cc(Br)c1OC. The average molecular weight is 459 g/mol. The van der Waals surface area contributed by atoms with Gasteiger partial charge in [-0.2, -0.15) is 5.10 Å². The minimum absolute atomic E-state index is 0.0234. The summed E-state index contributed by atoms with van der Waals surface area (Å²) in [4.78, 5) is 12.4. The molecule has 1 aliphatic carbocycles. The summed E-state index contributed by atoms with van der Waals surface area (Å²) in [5.41, 5.74) is 6.09. The van der Waals surface area contributed by atoms with E-state index in [1.807, 2.05) is 6.07 Å². The highest BCUT2D eigenvalue weighted by Crippen LogP contribution is 2.47. The Labute approximate surface area is 180 Å². The van der Waals surface area contributed by atoms with Crippen LogP contribution < -0.4 is 14.9 Å². The Morgan fingerprint density at radius 1 is 1.17 bits per heavy atom. The van der Waals surface area contributed by atoms with Crippen LogP contribution in [-0.2, 0) is 10.2 Å². The third-order valence-electron chi connectivity index (χ3n) is 5.18. The van der Waals surface area contributed by atoms with Crippen molar-refractivity contribution in [3.8, 4) is 11.5 Å². The van der Waals surface area contributed by atoms with Gasteiger partial charge in [-0.3, -0.25) is 4.79 Å². The van der Waals surface area contributed by atoms with E-state index in [9.17, 15) is 4.79 Å². The second-order valence-electron chi connectivity index (χ2n) is 8.29. The van der Waals surface area contributed by atoms with Crippen molar-refractivity contribution in [1.29, 1.82) is 0 Å². The molecule has 0 radical (unpaired) electrons. The number of carbonyl (C=O) groups is 1. The largest absolute Gasteiger partial charge is 0.493 e. The Morgan fingerprint density at radius 2 is 1.86 bits per heavy atom. The normalized spacial score (nSPS) is 18.6. The summed E-state index contributed by atoms with van der Waals surface area (Å²) < 4.78 is 11.4. The van der Waals surface area contributed by atoms with Gasteiger partial charge in [0.1, 0.15) is 0 Å². The lowest BCUT2D eigenvalue weighted by Gasteiger charge is -2.19. The van der Waals surface area contributed by atoms with Crippen LogP contribution >= 0.6 is 15.9 Å². The molecule has 1 amide bonds. The zero-order chi connectivity index (χ0) is 21.2. The molecule has 1 saturated carbocycles. The van der Waals surface area contributed by atoms with Crippen LogP contribution in [0.2, 0.25) is 0 Å². The second kappa shape index (κ2) is 8.57. The number of benzene rings is 2. The quantitative estimate of drug-likeness (QED) is 0.488. The number of halogens is 1. The van der Waals surface area contributed by atoms with Gasteiger partial charge in [0.05, 0.1) is 24.9 Å². The van der Waals surface area contributed by atoms with Gasteiger partial charge in [0, 0.05) is 5.92 Å². The summed E-state index contributed by atoms with van der Waals surface area (Å²) in [7, 11) is 3.16. The molecule has 0 aliphatic heterocycles. The van der Waals surface area contributed by atoms with E-state index in [1.165, 1.54) is 11.1 Å². The van der Waals surface area contributed by atoms with Crippen molar-refractivity contribution in [1.82, 2.24) is 5.43 Å². The minimum Gasteiger partial charge on any atom is -0.493 e. The molecule has 0 saturated heterocycles. The molecule has 6 heteroatoms. The predicted octanol–water partition coefficient (Wildman–Crippen LogP) is 5.02. The van der Waals surface area contributed by atoms with Crippen molar-refractivity contribution in [3.05, 3.63) is 57.6 Å². The smallest absolute Gasteiger partial charge is 0.243 e. The molecule has 3 rings (SSSR count). The molecule has 0 bridgehead atoms. The van der Waals surface area contributed by atoms with E-state index in [0.29, 0.717) is 11.5 Å². The predicted molar refractivity (Wildman–Crippen MR) is 119 cm³/mol. The van der Waals surface area contributed by atoms with Gasteiger partial charge in [0.2, 0.25) is 5.91 Å². The maximum Gasteiger partial charge on any atom is 0.243 e. The van der Waals surface area contributed by atoms with E-state index in [4.69, 9.17) is 9.47 Å². The van der Waals surface area contributed by atoms with E-state index < -0.39 is 0 Å². The zero-order valence-corrected chi connectivity index (χ0v) is 19.0. The Bertz CT molecular complexity index is 917. The molecular weight excluding hydrogens is 432 g/mol. The molecule has 0 aromatic heterocycles. The lowest BCUT2D eigenvalue weighted by atomic mass is 9.86. The van der Waals surface area contributed by atoms with Crippen molar-refractivity contribution in [2.75, 3.05) is 14.2 Å². The van der Waals surface area contributed by atoms with Crippen LogP contribution in [0.3, 0.4) is 0 Å². The van der Waals surface area contributed by atoms with Gasteiger partial charge in [-0.1, -0.05) is 45.0 Å². The van der Waals surface area contributed by atoms with Gasteiger partial charge >= 0.3 is 0 Å². The van der Waals surface area contributed by atoms with E-state index in [0.717, 1.165) is 16.5 Å². The summed E-state index contributed by atoms with van der Waals surface area (Å²) in [6, 6.07) is 12.3. The Kier molecular flexibility index (Phi) is 6.32. The van der Waals surface area contributed by atoms with E-state index in [1.54, 1.807) is 26.5 Å². The van der Waals surface area contributed by atoms with Crippen molar-refractivity contribution in [3.63, 3.8) is 0 Å². The first-order chi connectivity index (χ1) is 13.7. The average Bonchev–Trinajstić information content (AvgIpc) is 3.48. The number of hydrazone groups is 1. The van der Waals surface area contributed by atoms with Crippen molar-refractivity contribution in [2.45, 2.75) is 38.5 Å². The first kappa shape index (κ1) is 21.4. The summed E-state index contributed by atoms with van der Waals surface area (Å²) in [6.07, 6.45) is 2.46. The van der Waals surface area contributed by atoms with Gasteiger partial charge in [-0.25, -0.2) is 5.43 Å². The van der Waals surface area contributed by atoms with Crippen LogP contribution in [0.4, 0.5) is 0 Å². The lowest BCUT2D eigenvalue weighted by molar-refractivity contribution is -0.122. The molecular formula is C23H27BrN2O3. The van der Waals surface area contributed by atoms with Crippen LogP contribution in [0, 0.1) is 5.92 Å². The van der Waals surface area contributed by atoms with E-state index >= 15 is 0 Å². The molecule has 1 N–H and O–H groups in total. The van der Waals surface area contributed by atoms with Gasteiger partial charge in [0.15, 0.2) is 11.5 Å². The fraction of sp³-hybridized carbons (Fsp3) is 0.391. The maximum atomic E-state index is 12.4. The number of hydrogen-bond donors (Lipinski definition) is 1. The molecule has 5 nitrogen and oxygen atoms in total. The van der Waals surface area contributed by atoms with Gasteiger partial charge in [-0.05, 0) is 62.5 Å². The fourth-order valence-corrected chi connectivity index (χ4v) is 3.97. The van der Waals surface area contributed by atoms with Crippen LogP contribution in [0.15, 0.2) is 46.0 Å². The number of nitrogens with zero attached hydrogens (tertiary/aromatic N) is 1. The fourth-order valence-electron chi connectivity index (χ4n) is 3.35. The van der Waals surface area contributed by atoms with Crippen LogP contribution in [0.1, 0.15) is 49.8 Å². The Morgan fingerprint density at radius 3 is 2.45 bits per heavy atom. The van der Waals surface area contributed by atoms with E-state index in [2.05, 4.69) is 71.5 Å². The lowest BCUT2D eigenvalue weighted by Crippen LogP contribution is -2.20. The Hall–Kier alpha value is -2.34. The van der Waals surface area contributed by atoms with Gasteiger partial charge < -0.3 is 9.47 Å².